The van der Waals surface area contributed by atoms with Gasteiger partial charge in [0.1, 0.15) is 18.8 Å². The van der Waals surface area contributed by atoms with Gasteiger partial charge in [-0.2, -0.15) is 0 Å². The Balaban J connectivity index is 1.61. The van der Waals surface area contributed by atoms with Crippen LogP contribution in [-0.2, 0) is 25.7 Å². The second-order valence-corrected chi connectivity index (χ2v) is 7.03. The van der Waals surface area contributed by atoms with Gasteiger partial charge in [0, 0.05) is 0 Å². The SMILES string of the molecule is CC(C)(C)OC(=O)COCc1ocnc1C(=O)ON1C(=O)c2ccccc2C1=O. The van der Waals surface area contributed by atoms with Crippen LogP contribution in [0.3, 0.4) is 0 Å². The molecule has 1 aromatic carbocycles. The minimum Gasteiger partial charge on any atom is -0.458 e. The van der Waals surface area contributed by atoms with Crippen LogP contribution in [0.15, 0.2) is 35.1 Å². The van der Waals surface area contributed by atoms with E-state index < -0.39 is 29.4 Å². The molecule has 29 heavy (non-hydrogen) atoms. The van der Waals surface area contributed by atoms with Crippen LogP contribution in [0.25, 0.3) is 0 Å². The Bertz CT molecular complexity index is 938. The van der Waals surface area contributed by atoms with E-state index in [4.69, 9.17) is 18.7 Å². The Hall–Kier alpha value is -3.53. The molecule has 10 nitrogen and oxygen atoms in total. The third-order valence-corrected chi connectivity index (χ3v) is 3.64. The molecule has 2 heterocycles. The molecule has 0 bridgehead atoms. The van der Waals surface area contributed by atoms with Crippen LogP contribution in [-0.4, -0.2) is 46.0 Å². The molecule has 0 N–H and O–H groups in total. The lowest BCUT2D eigenvalue weighted by atomic mass is 10.1. The molecule has 1 aliphatic rings. The number of fused-ring (bicyclic) bond motifs is 1. The monoisotopic (exact) mass is 402 g/mol. The number of ether oxygens (including phenoxy) is 2. The number of aromatic nitrogens is 1. The maximum Gasteiger partial charge on any atom is 0.385 e. The van der Waals surface area contributed by atoms with Gasteiger partial charge in [-0.1, -0.05) is 17.2 Å². The molecule has 0 fully saturated rings. The Labute approximate surface area is 165 Å². The van der Waals surface area contributed by atoms with Crippen molar-refractivity contribution in [2.75, 3.05) is 6.61 Å². The first-order chi connectivity index (χ1) is 13.7. The van der Waals surface area contributed by atoms with E-state index in [1.807, 2.05) is 0 Å². The fourth-order valence-electron chi connectivity index (χ4n) is 2.51. The highest BCUT2D eigenvalue weighted by Crippen LogP contribution is 2.23. The summed E-state index contributed by atoms with van der Waals surface area (Å²) in [7, 11) is 0. The third-order valence-electron chi connectivity index (χ3n) is 3.64. The second-order valence-electron chi connectivity index (χ2n) is 7.03. The molecule has 0 unspecified atom stereocenters. The van der Waals surface area contributed by atoms with Crippen LogP contribution in [0.4, 0.5) is 0 Å². The van der Waals surface area contributed by atoms with Crippen molar-refractivity contribution in [3.63, 3.8) is 0 Å². The quantitative estimate of drug-likeness (QED) is 0.526. The molecule has 3 rings (SSSR count). The van der Waals surface area contributed by atoms with Gasteiger partial charge in [-0.05, 0) is 32.9 Å². The zero-order valence-electron chi connectivity index (χ0n) is 16.0. The van der Waals surface area contributed by atoms with Gasteiger partial charge in [-0.15, -0.1) is 0 Å². The Morgan fingerprint density at radius 3 is 2.31 bits per heavy atom. The summed E-state index contributed by atoms with van der Waals surface area (Å²) in [5, 5.41) is 0.368. The molecule has 2 amide bonds. The number of hydrogen-bond donors (Lipinski definition) is 0. The largest absolute Gasteiger partial charge is 0.458 e. The highest BCUT2D eigenvalue weighted by atomic mass is 16.7. The van der Waals surface area contributed by atoms with Crippen LogP contribution in [0, 0.1) is 0 Å². The van der Waals surface area contributed by atoms with Gasteiger partial charge in [0.25, 0.3) is 11.8 Å². The minimum atomic E-state index is -1.08. The van der Waals surface area contributed by atoms with E-state index in [2.05, 4.69) is 4.98 Å². The van der Waals surface area contributed by atoms with E-state index >= 15 is 0 Å². The summed E-state index contributed by atoms with van der Waals surface area (Å²) < 4.78 is 15.3. The van der Waals surface area contributed by atoms with Crippen molar-refractivity contribution >= 4 is 23.8 Å². The number of nitrogens with zero attached hydrogens (tertiary/aromatic N) is 2. The third kappa shape index (κ3) is 4.49. The molecule has 0 spiro atoms. The number of imide groups is 1. The molecule has 0 saturated heterocycles. The lowest BCUT2D eigenvalue weighted by Gasteiger charge is -2.19. The van der Waals surface area contributed by atoms with Gasteiger partial charge >= 0.3 is 11.9 Å². The average molecular weight is 402 g/mol. The van der Waals surface area contributed by atoms with Crippen molar-refractivity contribution in [1.29, 1.82) is 0 Å². The van der Waals surface area contributed by atoms with Crippen LogP contribution < -0.4 is 0 Å². The molecule has 0 radical (unpaired) electrons. The van der Waals surface area contributed by atoms with Gasteiger partial charge in [0.15, 0.2) is 17.8 Å². The first kappa shape index (κ1) is 20.2. The highest BCUT2D eigenvalue weighted by Gasteiger charge is 2.39. The van der Waals surface area contributed by atoms with Crippen molar-refractivity contribution in [2.24, 2.45) is 0 Å². The van der Waals surface area contributed by atoms with E-state index in [0.29, 0.717) is 5.06 Å². The van der Waals surface area contributed by atoms with Crippen molar-refractivity contribution < 1.29 is 37.9 Å². The number of hydroxylamine groups is 2. The first-order valence-electron chi connectivity index (χ1n) is 8.59. The molecule has 1 aliphatic heterocycles. The number of esters is 1. The molecule has 0 aliphatic carbocycles. The van der Waals surface area contributed by atoms with Crippen molar-refractivity contribution in [1.82, 2.24) is 10.0 Å². The van der Waals surface area contributed by atoms with Crippen LogP contribution >= 0.6 is 0 Å². The van der Waals surface area contributed by atoms with Crippen LogP contribution in [0.5, 0.6) is 0 Å². The Morgan fingerprint density at radius 1 is 1.10 bits per heavy atom. The van der Waals surface area contributed by atoms with Crippen LogP contribution in [0.1, 0.15) is 57.7 Å². The highest BCUT2D eigenvalue weighted by molar-refractivity contribution is 6.21. The van der Waals surface area contributed by atoms with Crippen molar-refractivity contribution in [3.8, 4) is 0 Å². The predicted molar refractivity (Wildman–Crippen MR) is 94.4 cm³/mol. The van der Waals surface area contributed by atoms with E-state index in [9.17, 15) is 19.2 Å². The van der Waals surface area contributed by atoms with E-state index in [0.717, 1.165) is 6.39 Å². The summed E-state index contributed by atoms with van der Waals surface area (Å²) in [6.07, 6.45) is 0.977. The maximum absolute atomic E-state index is 12.4. The zero-order valence-corrected chi connectivity index (χ0v) is 16.0. The topological polar surface area (TPSA) is 125 Å². The Morgan fingerprint density at radius 2 is 1.72 bits per heavy atom. The van der Waals surface area contributed by atoms with E-state index in [1.54, 1.807) is 32.9 Å². The summed E-state index contributed by atoms with van der Waals surface area (Å²) in [6, 6.07) is 6.09. The fraction of sp³-hybridized carbons (Fsp3) is 0.316. The van der Waals surface area contributed by atoms with Gasteiger partial charge in [-0.3, -0.25) is 9.59 Å². The summed E-state index contributed by atoms with van der Waals surface area (Å²) in [5.41, 5.74) is -0.683. The molecule has 1 aromatic heterocycles. The molecule has 10 heteroatoms. The van der Waals surface area contributed by atoms with Gasteiger partial charge in [-0.25, -0.2) is 14.6 Å². The molecule has 152 valence electrons. The fourth-order valence-corrected chi connectivity index (χ4v) is 2.51. The zero-order chi connectivity index (χ0) is 21.2. The number of carbonyl (C=O) groups is 4. The van der Waals surface area contributed by atoms with Crippen molar-refractivity contribution in [2.45, 2.75) is 33.0 Å². The molecule has 2 aromatic rings. The number of oxazole rings is 1. The predicted octanol–water partition coefficient (Wildman–Crippen LogP) is 1.90. The summed E-state index contributed by atoms with van der Waals surface area (Å²) in [4.78, 5) is 57.2. The molecular weight excluding hydrogens is 384 g/mol. The smallest absolute Gasteiger partial charge is 0.385 e. The van der Waals surface area contributed by atoms with Crippen LogP contribution in [0.2, 0.25) is 0 Å². The normalized spacial score (nSPS) is 13.4. The summed E-state index contributed by atoms with van der Waals surface area (Å²) >= 11 is 0. The van der Waals surface area contributed by atoms with Gasteiger partial charge in [0.05, 0.1) is 11.1 Å². The second kappa shape index (κ2) is 7.84. The number of amides is 2. The Kier molecular flexibility index (Phi) is 5.46. The molecular formula is C19H18N2O8. The average Bonchev–Trinajstić information content (AvgIpc) is 3.20. The number of carbonyl (C=O) groups excluding carboxylic acids is 4. The van der Waals surface area contributed by atoms with E-state index in [1.165, 1.54) is 12.1 Å². The van der Waals surface area contributed by atoms with E-state index in [-0.39, 0.29) is 35.8 Å². The number of benzene rings is 1. The number of rotatable bonds is 6. The lowest BCUT2D eigenvalue weighted by Crippen LogP contribution is -2.33. The van der Waals surface area contributed by atoms with Crippen molar-refractivity contribution in [3.05, 3.63) is 53.2 Å². The molecule has 0 saturated carbocycles. The lowest BCUT2D eigenvalue weighted by molar-refractivity contribution is -0.160. The molecule has 0 atom stereocenters. The maximum atomic E-state index is 12.4. The summed E-state index contributed by atoms with van der Waals surface area (Å²) in [6.45, 7) is 4.51. The number of hydrogen-bond acceptors (Lipinski definition) is 9. The van der Waals surface area contributed by atoms with Gasteiger partial charge < -0.3 is 18.7 Å². The summed E-state index contributed by atoms with van der Waals surface area (Å²) in [5.74, 6) is -3.22. The minimum absolute atomic E-state index is 0.0323. The van der Waals surface area contributed by atoms with Gasteiger partial charge in [0.2, 0.25) is 0 Å². The standard InChI is InChI=1S/C19H18N2O8/c1-19(2,3)28-14(22)9-26-8-13-15(20-10-27-13)18(25)29-21-16(23)11-6-4-5-7-12(11)17(21)24/h4-7,10H,8-9H2,1-3H3. The first-order valence-corrected chi connectivity index (χ1v) is 8.59.